The number of hydrogen-bond donors (Lipinski definition) is 1. The molecule has 6 heteroatoms. The van der Waals surface area contributed by atoms with Gasteiger partial charge in [-0.15, -0.1) is 0 Å². The third-order valence-corrected chi connectivity index (χ3v) is 7.48. The Labute approximate surface area is 164 Å². The highest BCUT2D eigenvalue weighted by molar-refractivity contribution is 5.80. The van der Waals surface area contributed by atoms with Crippen LogP contribution < -0.4 is 5.32 Å². The predicted molar refractivity (Wildman–Crippen MR) is 108 cm³/mol. The van der Waals surface area contributed by atoms with E-state index in [0.717, 1.165) is 58.4 Å². The molecule has 4 aliphatic rings. The lowest BCUT2D eigenvalue weighted by Gasteiger charge is -2.58. The van der Waals surface area contributed by atoms with Crippen LogP contribution in [0.25, 0.3) is 0 Å². The van der Waals surface area contributed by atoms with Gasteiger partial charge in [-0.1, -0.05) is 19.3 Å². The minimum atomic E-state index is 0.341. The lowest BCUT2D eigenvalue weighted by molar-refractivity contribution is -0.146. The van der Waals surface area contributed by atoms with Crippen LogP contribution in [-0.2, 0) is 9.47 Å². The number of nitrogens with one attached hydrogen (secondary N) is 1. The molecule has 27 heavy (non-hydrogen) atoms. The number of hydrogen-bond acceptors (Lipinski definition) is 4. The number of guanidine groups is 1. The molecule has 0 aromatic rings. The highest BCUT2D eigenvalue weighted by atomic mass is 16.5. The first kappa shape index (κ1) is 19.5. The lowest BCUT2D eigenvalue weighted by atomic mass is 9.55. The SMILES string of the molecule is CCOC1CC(NC(=NC)N2CCC(N3CCOCC3)C2)C12CCCCC2. The Balaban J connectivity index is 1.36. The molecule has 2 saturated carbocycles. The van der Waals surface area contributed by atoms with Crippen molar-refractivity contribution in [3.63, 3.8) is 0 Å². The van der Waals surface area contributed by atoms with E-state index in [1.165, 1.54) is 38.5 Å². The first-order chi connectivity index (χ1) is 13.3. The van der Waals surface area contributed by atoms with E-state index >= 15 is 0 Å². The second-order valence-electron chi connectivity index (χ2n) is 8.75. The molecule has 4 fully saturated rings. The molecular formula is C21H38N4O2. The summed E-state index contributed by atoms with van der Waals surface area (Å²) in [5.41, 5.74) is 0.341. The summed E-state index contributed by atoms with van der Waals surface area (Å²) in [5.74, 6) is 1.11. The fraction of sp³-hybridized carbons (Fsp3) is 0.952. The zero-order chi connectivity index (χ0) is 18.7. The average Bonchev–Trinajstić information content (AvgIpc) is 3.21. The topological polar surface area (TPSA) is 49.3 Å². The average molecular weight is 379 g/mol. The molecule has 154 valence electrons. The molecule has 2 aliphatic heterocycles. The van der Waals surface area contributed by atoms with Gasteiger partial charge in [-0.25, -0.2) is 0 Å². The number of nitrogens with zero attached hydrogens (tertiary/aromatic N) is 3. The monoisotopic (exact) mass is 378 g/mol. The Morgan fingerprint density at radius 1 is 1.19 bits per heavy atom. The maximum atomic E-state index is 6.13. The van der Waals surface area contributed by atoms with Gasteiger partial charge in [-0.2, -0.15) is 0 Å². The highest BCUT2D eigenvalue weighted by Crippen LogP contribution is 2.53. The van der Waals surface area contributed by atoms with Crippen LogP contribution in [0.2, 0.25) is 0 Å². The minimum Gasteiger partial charge on any atom is -0.379 e. The summed E-state index contributed by atoms with van der Waals surface area (Å²) in [4.78, 5) is 9.75. The van der Waals surface area contributed by atoms with Crippen molar-refractivity contribution in [2.75, 3.05) is 53.0 Å². The number of rotatable bonds is 4. The Hall–Kier alpha value is -0.850. The molecule has 0 bridgehead atoms. The molecule has 2 aliphatic carbocycles. The van der Waals surface area contributed by atoms with Gasteiger partial charge in [0.1, 0.15) is 0 Å². The minimum absolute atomic E-state index is 0.341. The van der Waals surface area contributed by atoms with E-state index in [1.54, 1.807) is 0 Å². The molecule has 1 N–H and O–H groups in total. The van der Waals surface area contributed by atoms with Crippen LogP contribution in [-0.4, -0.2) is 87.0 Å². The van der Waals surface area contributed by atoms with E-state index in [4.69, 9.17) is 9.47 Å². The van der Waals surface area contributed by atoms with E-state index in [-0.39, 0.29) is 0 Å². The Bertz CT molecular complexity index is 514. The van der Waals surface area contributed by atoms with Crippen LogP contribution in [0.3, 0.4) is 0 Å². The predicted octanol–water partition coefficient (Wildman–Crippen LogP) is 2.10. The van der Waals surface area contributed by atoms with Crippen LogP contribution >= 0.6 is 0 Å². The molecule has 6 nitrogen and oxygen atoms in total. The molecule has 3 atom stereocenters. The fourth-order valence-electron chi connectivity index (χ4n) is 5.89. The van der Waals surface area contributed by atoms with Gasteiger partial charge in [-0.3, -0.25) is 9.89 Å². The molecule has 0 aromatic carbocycles. The van der Waals surface area contributed by atoms with E-state index in [2.05, 4.69) is 27.0 Å². The van der Waals surface area contributed by atoms with Crippen molar-refractivity contribution in [3.8, 4) is 0 Å². The van der Waals surface area contributed by atoms with Gasteiger partial charge in [0.2, 0.25) is 0 Å². The van der Waals surface area contributed by atoms with Crippen molar-refractivity contribution >= 4 is 5.96 Å². The lowest BCUT2D eigenvalue weighted by Crippen LogP contribution is -2.66. The molecule has 2 heterocycles. The second-order valence-corrected chi connectivity index (χ2v) is 8.75. The van der Waals surface area contributed by atoms with Crippen LogP contribution in [0.4, 0.5) is 0 Å². The first-order valence-electron chi connectivity index (χ1n) is 11.2. The first-order valence-corrected chi connectivity index (χ1v) is 11.2. The van der Waals surface area contributed by atoms with Gasteiger partial charge in [0.15, 0.2) is 5.96 Å². The van der Waals surface area contributed by atoms with Crippen LogP contribution in [0.1, 0.15) is 51.9 Å². The largest absolute Gasteiger partial charge is 0.379 e. The molecule has 1 spiro atoms. The summed E-state index contributed by atoms with van der Waals surface area (Å²) in [6.45, 7) is 9.08. The van der Waals surface area contributed by atoms with E-state index in [0.29, 0.717) is 23.6 Å². The van der Waals surface area contributed by atoms with E-state index in [1.807, 2.05) is 7.05 Å². The number of ether oxygens (including phenoxy) is 2. The fourth-order valence-corrected chi connectivity index (χ4v) is 5.89. The summed E-state index contributed by atoms with van der Waals surface area (Å²) >= 11 is 0. The quantitative estimate of drug-likeness (QED) is 0.600. The van der Waals surface area contributed by atoms with Crippen molar-refractivity contribution in [1.29, 1.82) is 0 Å². The zero-order valence-electron chi connectivity index (χ0n) is 17.3. The summed E-state index contributed by atoms with van der Waals surface area (Å²) in [7, 11) is 1.94. The van der Waals surface area contributed by atoms with Gasteiger partial charge in [0.05, 0.1) is 19.3 Å². The number of morpholine rings is 1. The standard InChI is InChI=1S/C21H38N4O2/c1-3-27-19-15-18(21(19)8-5-4-6-9-21)23-20(22-2)25-10-7-17(16-25)24-11-13-26-14-12-24/h17-19H,3-16H2,1-2H3,(H,22,23). The van der Waals surface area contributed by atoms with Crippen LogP contribution in [0, 0.1) is 5.41 Å². The molecule has 0 radical (unpaired) electrons. The smallest absolute Gasteiger partial charge is 0.193 e. The third-order valence-electron chi connectivity index (χ3n) is 7.48. The maximum absolute atomic E-state index is 6.13. The van der Waals surface area contributed by atoms with E-state index < -0.39 is 0 Å². The van der Waals surface area contributed by atoms with Gasteiger partial charge in [-0.05, 0) is 32.6 Å². The Morgan fingerprint density at radius 2 is 1.96 bits per heavy atom. The summed E-state index contributed by atoms with van der Waals surface area (Å²) < 4.78 is 11.6. The Kier molecular flexibility index (Phi) is 6.25. The second kappa shape index (κ2) is 8.66. The molecule has 4 rings (SSSR count). The number of aliphatic imine (C=N–C) groups is 1. The summed E-state index contributed by atoms with van der Waals surface area (Å²) in [5, 5.41) is 3.87. The van der Waals surface area contributed by atoms with Gasteiger partial charge in [0, 0.05) is 57.3 Å². The molecule has 0 amide bonds. The van der Waals surface area contributed by atoms with Crippen molar-refractivity contribution in [2.45, 2.75) is 70.1 Å². The number of likely N-dealkylation sites (tertiary alicyclic amines) is 1. The van der Waals surface area contributed by atoms with Gasteiger partial charge in [0.25, 0.3) is 0 Å². The summed E-state index contributed by atoms with van der Waals surface area (Å²) in [6.07, 6.45) is 9.51. The van der Waals surface area contributed by atoms with E-state index in [9.17, 15) is 0 Å². The van der Waals surface area contributed by atoms with Gasteiger partial charge >= 0.3 is 0 Å². The van der Waals surface area contributed by atoms with Crippen LogP contribution in [0.5, 0.6) is 0 Å². The molecule has 2 saturated heterocycles. The molecular weight excluding hydrogens is 340 g/mol. The third kappa shape index (κ3) is 3.85. The van der Waals surface area contributed by atoms with Crippen molar-refractivity contribution in [2.24, 2.45) is 10.4 Å². The van der Waals surface area contributed by atoms with Crippen molar-refractivity contribution < 1.29 is 9.47 Å². The normalized spacial score (nSPS) is 34.7. The van der Waals surface area contributed by atoms with Gasteiger partial charge < -0.3 is 19.7 Å². The van der Waals surface area contributed by atoms with Crippen LogP contribution in [0.15, 0.2) is 4.99 Å². The highest BCUT2D eigenvalue weighted by Gasteiger charge is 2.56. The maximum Gasteiger partial charge on any atom is 0.193 e. The van der Waals surface area contributed by atoms with Crippen molar-refractivity contribution in [3.05, 3.63) is 0 Å². The summed E-state index contributed by atoms with van der Waals surface area (Å²) in [6, 6.07) is 1.17. The molecule has 0 aromatic heterocycles. The van der Waals surface area contributed by atoms with Crippen molar-refractivity contribution in [1.82, 2.24) is 15.1 Å². The zero-order valence-corrected chi connectivity index (χ0v) is 17.3. The molecule has 3 unspecified atom stereocenters. The Morgan fingerprint density at radius 3 is 2.67 bits per heavy atom.